The summed E-state index contributed by atoms with van der Waals surface area (Å²) in [4.78, 5) is 7.20. The first-order valence-electron chi connectivity index (χ1n) is 10.7. The van der Waals surface area contributed by atoms with Crippen molar-refractivity contribution in [1.82, 2.24) is 10.2 Å². The lowest BCUT2D eigenvalue weighted by atomic mass is 10.1. The molecule has 0 saturated carbocycles. The van der Waals surface area contributed by atoms with Crippen LogP contribution >= 0.6 is 24.0 Å². The van der Waals surface area contributed by atoms with Crippen LogP contribution in [-0.2, 0) is 16.0 Å². The number of hydrogen-bond acceptors (Lipinski definition) is 4. The predicted molar refractivity (Wildman–Crippen MR) is 136 cm³/mol. The van der Waals surface area contributed by atoms with Crippen LogP contribution in [0.5, 0.6) is 11.5 Å². The average molecular weight is 539 g/mol. The summed E-state index contributed by atoms with van der Waals surface area (Å²) in [5.41, 5.74) is 1.12. The Morgan fingerprint density at radius 2 is 1.90 bits per heavy atom. The number of hydrogen-bond donors (Lipinski definition) is 1. The van der Waals surface area contributed by atoms with Crippen molar-refractivity contribution in [3.63, 3.8) is 0 Å². The molecule has 0 amide bonds. The Morgan fingerprint density at radius 1 is 1.10 bits per heavy atom. The summed E-state index contributed by atoms with van der Waals surface area (Å²) >= 11 is 0. The van der Waals surface area contributed by atoms with E-state index in [-0.39, 0.29) is 24.0 Å². The Labute approximate surface area is 203 Å². The number of aliphatic imine (C=N–C) groups is 1. The van der Waals surface area contributed by atoms with Crippen LogP contribution in [0.15, 0.2) is 59.6 Å². The first-order chi connectivity index (χ1) is 14.8. The van der Waals surface area contributed by atoms with Gasteiger partial charge in [0.05, 0.1) is 26.4 Å². The van der Waals surface area contributed by atoms with Gasteiger partial charge in [-0.2, -0.15) is 0 Å². The van der Waals surface area contributed by atoms with E-state index < -0.39 is 0 Å². The summed E-state index contributed by atoms with van der Waals surface area (Å²) in [7, 11) is 1.70. The van der Waals surface area contributed by atoms with Gasteiger partial charge in [-0.15, -0.1) is 24.0 Å². The monoisotopic (exact) mass is 539 g/mol. The minimum absolute atomic E-state index is 0. The van der Waals surface area contributed by atoms with E-state index in [1.54, 1.807) is 7.11 Å². The van der Waals surface area contributed by atoms with Crippen molar-refractivity contribution in [3.05, 3.63) is 60.2 Å². The van der Waals surface area contributed by atoms with Crippen molar-refractivity contribution >= 4 is 29.9 Å². The number of benzene rings is 2. The van der Waals surface area contributed by atoms with E-state index >= 15 is 0 Å². The topological polar surface area (TPSA) is 55.3 Å². The number of guanidine groups is 1. The third kappa shape index (κ3) is 8.66. The van der Waals surface area contributed by atoms with Gasteiger partial charge in [0, 0.05) is 32.7 Å². The van der Waals surface area contributed by atoms with Crippen molar-refractivity contribution in [1.29, 1.82) is 0 Å². The van der Waals surface area contributed by atoms with E-state index in [2.05, 4.69) is 29.3 Å². The Bertz CT molecular complexity index is 789. The molecule has 0 bridgehead atoms. The summed E-state index contributed by atoms with van der Waals surface area (Å²) in [6, 6.07) is 18.0. The van der Waals surface area contributed by atoms with Gasteiger partial charge in [-0.3, -0.25) is 0 Å². The Kier molecular flexibility index (Phi) is 11.7. The van der Waals surface area contributed by atoms with Gasteiger partial charge in [-0.05, 0) is 43.2 Å². The van der Waals surface area contributed by atoms with Gasteiger partial charge in [-0.25, -0.2) is 4.99 Å². The van der Waals surface area contributed by atoms with E-state index in [1.807, 2.05) is 42.5 Å². The van der Waals surface area contributed by atoms with Gasteiger partial charge in [0.1, 0.15) is 11.5 Å². The molecule has 1 saturated heterocycles. The molecule has 2 aromatic rings. The second-order valence-corrected chi connectivity index (χ2v) is 7.40. The molecule has 1 fully saturated rings. The van der Waals surface area contributed by atoms with Crippen LogP contribution < -0.4 is 10.1 Å². The van der Waals surface area contributed by atoms with Crippen LogP contribution in [0.25, 0.3) is 0 Å². The molecule has 170 valence electrons. The highest BCUT2D eigenvalue weighted by atomic mass is 127. The summed E-state index contributed by atoms with van der Waals surface area (Å²) in [6.45, 7) is 7.61. The van der Waals surface area contributed by atoms with Crippen LogP contribution in [0, 0.1) is 5.92 Å². The van der Waals surface area contributed by atoms with Crippen molar-refractivity contribution in [2.24, 2.45) is 10.9 Å². The van der Waals surface area contributed by atoms with Crippen LogP contribution in [0.2, 0.25) is 0 Å². The van der Waals surface area contributed by atoms with E-state index in [1.165, 1.54) is 0 Å². The SMILES string of the molecule is CCNC(=NCc1cccc(Oc2ccccc2)c1)N1CCC(COCCOC)C1.I. The molecule has 3 rings (SSSR count). The Morgan fingerprint density at radius 3 is 2.68 bits per heavy atom. The van der Waals surface area contributed by atoms with Gasteiger partial charge in [0.15, 0.2) is 5.96 Å². The minimum atomic E-state index is 0. The number of methoxy groups -OCH3 is 1. The lowest BCUT2D eigenvalue weighted by Crippen LogP contribution is -2.40. The van der Waals surface area contributed by atoms with Crippen LogP contribution in [0.1, 0.15) is 18.9 Å². The molecule has 6 nitrogen and oxygen atoms in total. The standard InChI is InChI=1S/C24H33N3O3.HI/c1-3-25-24(27-13-12-21(18-27)19-29-15-14-28-2)26-17-20-8-7-11-23(16-20)30-22-9-5-4-6-10-22;/h4-11,16,21H,3,12-15,17-19H2,1-2H3,(H,25,26);1H. The first-order valence-corrected chi connectivity index (χ1v) is 10.7. The molecular formula is C24H34IN3O3. The normalized spacial score (nSPS) is 16.1. The predicted octanol–water partition coefficient (Wildman–Crippen LogP) is 4.55. The van der Waals surface area contributed by atoms with E-state index in [0.717, 1.165) is 55.7 Å². The summed E-state index contributed by atoms with van der Waals surface area (Å²) < 4.78 is 16.7. The van der Waals surface area contributed by atoms with Crippen LogP contribution in [-0.4, -0.2) is 57.4 Å². The van der Waals surface area contributed by atoms with E-state index in [4.69, 9.17) is 19.2 Å². The summed E-state index contributed by atoms with van der Waals surface area (Å²) in [5, 5.41) is 3.43. The molecule has 1 aliphatic rings. The number of nitrogens with one attached hydrogen (secondary N) is 1. The molecular weight excluding hydrogens is 505 g/mol. The summed E-state index contributed by atoms with van der Waals surface area (Å²) in [5.74, 6) is 3.16. The molecule has 0 spiro atoms. The molecule has 1 N–H and O–H groups in total. The molecule has 0 radical (unpaired) electrons. The number of para-hydroxylation sites is 1. The highest BCUT2D eigenvalue weighted by Crippen LogP contribution is 2.22. The zero-order chi connectivity index (χ0) is 21.0. The third-order valence-corrected chi connectivity index (χ3v) is 4.99. The first kappa shape index (κ1) is 25.4. The maximum Gasteiger partial charge on any atom is 0.194 e. The molecule has 2 aromatic carbocycles. The van der Waals surface area contributed by atoms with Gasteiger partial charge >= 0.3 is 0 Å². The highest BCUT2D eigenvalue weighted by Gasteiger charge is 2.24. The molecule has 0 aromatic heterocycles. The van der Waals surface area contributed by atoms with Gasteiger partial charge in [0.2, 0.25) is 0 Å². The molecule has 31 heavy (non-hydrogen) atoms. The second kappa shape index (κ2) is 14.3. The molecule has 1 aliphatic heterocycles. The lowest BCUT2D eigenvalue weighted by Gasteiger charge is -2.21. The van der Waals surface area contributed by atoms with Crippen molar-refractivity contribution < 1.29 is 14.2 Å². The van der Waals surface area contributed by atoms with Gasteiger partial charge in [-0.1, -0.05) is 30.3 Å². The number of rotatable bonds is 10. The van der Waals surface area contributed by atoms with Gasteiger partial charge < -0.3 is 24.4 Å². The zero-order valence-corrected chi connectivity index (χ0v) is 20.8. The zero-order valence-electron chi connectivity index (χ0n) is 18.5. The number of ether oxygens (including phenoxy) is 3. The minimum Gasteiger partial charge on any atom is -0.457 e. The maximum atomic E-state index is 5.94. The van der Waals surface area contributed by atoms with Crippen molar-refractivity contribution in [2.45, 2.75) is 19.9 Å². The number of nitrogens with zero attached hydrogens (tertiary/aromatic N) is 2. The number of likely N-dealkylation sites (tertiary alicyclic amines) is 1. The van der Waals surface area contributed by atoms with Crippen molar-refractivity contribution in [2.75, 3.05) is 46.6 Å². The fraction of sp³-hybridized carbons (Fsp3) is 0.458. The average Bonchev–Trinajstić information content (AvgIpc) is 3.24. The molecule has 0 aliphatic carbocycles. The smallest absolute Gasteiger partial charge is 0.194 e. The fourth-order valence-corrected chi connectivity index (χ4v) is 3.48. The third-order valence-electron chi connectivity index (χ3n) is 4.99. The molecule has 1 atom stereocenters. The van der Waals surface area contributed by atoms with Crippen molar-refractivity contribution in [3.8, 4) is 11.5 Å². The highest BCUT2D eigenvalue weighted by molar-refractivity contribution is 14.0. The largest absolute Gasteiger partial charge is 0.457 e. The van der Waals surface area contributed by atoms with Crippen LogP contribution in [0.4, 0.5) is 0 Å². The fourth-order valence-electron chi connectivity index (χ4n) is 3.48. The molecule has 1 unspecified atom stereocenters. The van der Waals surface area contributed by atoms with Crippen LogP contribution in [0.3, 0.4) is 0 Å². The molecule has 7 heteroatoms. The quantitative estimate of drug-likeness (QED) is 0.208. The molecule has 1 heterocycles. The number of halogens is 1. The van der Waals surface area contributed by atoms with Gasteiger partial charge in [0.25, 0.3) is 0 Å². The lowest BCUT2D eigenvalue weighted by molar-refractivity contribution is 0.0536. The van der Waals surface area contributed by atoms with E-state index in [9.17, 15) is 0 Å². The Hall–Kier alpha value is -1.84. The Balaban J connectivity index is 0.00000341. The maximum absolute atomic E-state index is 5.94. The van der Waals surface area contributed by atoms with E-state index in [0.29, 0.717) is 25.7 Å². The summed E-state index contributed by atoms with van der Waals surface area (Å²) in [6.07, 6.45) is 1.12. The second-order valence-electron chi connectivity index (χ2n) is 7.40.